The first-order valence-electron chi connectivity index (χ1n) is 6.68. The van der Waals surface area contributed by atoms with Gasteiger partial charge in [-0.15, -0.1) is 22.7 Å². The number of nitrogens with two attached hydrogens (primary N) is 1. The van der Waals surface area contributed by atoms with E-state index in [2.05, 4.69) is 59.7 Å². The lowest BCUT2D eigenvalue weighted by Crippen LogP contribution is -2.30. The summed E-state index contributed by atoms with van der Waals surface area (Å²) in [7, 11) is 2.18. The van der Waals surface area contributed by atoms with E-state index in [0.29, 0.717) is 12.6 Å². The molecule has 0 aliphatic carbocycles. The molecule has 106 valence electrons. The Morgan fingerprint density at radius 3 is 2.85 bits per heavy atom. The van der Waals surface area contributed by atoms with Gasteiger partial charge in [0.25, 0.3) is 0 Å². The Hall–Kier alpha value is -1.12. The van der Waals surface area contributed by atoms with Gasteiger partial charge in [0.15, 0.2) is 0 Å². The van der Waals surface area contributed by atoms with Crippen molar-refractivity contribution in [2.75, 3.05) is 13.6 Å². The molecule has 0 spiro atoms. The van der Waals surface area contributed by atoms with Crippen LogP contribution in [0.15, 0.2) is 29.0 Å². The van der Waals surface area contributed by atoms with E-state index < -0.39 is 0 Å². The number of thiophene rings is 2. The van der Waals surface area contributed by atoms with Crippen LogP contribution < -0.4 is 5.73 Å². The Kier molecular flexibility index (Phi) is 5.81. The van der Waals surface area contributed by atoms with Crippen LogP contribution in [0, 0.1) is 11.8 Å². The van der Waals surface area contributed by atoms with E-state index in [1.54, 1.807) is 11.3 Å². The first kappa shape index (κ1) is 15.3. The van der Waals surface area contributed by atoms with E-state index in [1.807, 2.05) is 11.3 Å². The summed E-state index contributed by atoms with van der Waals surface area (Å²) in [6.07, 6.45) is 1.10. The van der Waals surface area contributed by atoms with Gasteiger partial charge in [0.2, 0.25) is 0 Å². The molecule has 0 aliphatic rings. The van der Waals surface area contributed by atoms with Crippen molar-refractivity contribution in [2.24, 2.45) is 5.73 Å². The predicted molar refractivity (Wildman–Crippen MR) is 89.2 cm³/mol. The molecular formula is C16H20N2S2. The largest absolute Gasteiger partial charge is 0.320 e. The van der Waals surface area contributed by atoms with Crippen LogP contribution in [0.1, 0.15) is 22.2 Å². The zero-order valence-corrected chi connectivity index (χ0v) is 13.6. The molecule has 2 heterocycles. The van der Waals surface area contributed by atoms with Gasteiger partial charge in [-0.3, -0.25) is 4.90 Å². The fourth-order valence-electron chi connectivity index (χ4n) is 1.98. The second-order valence-electron chi connectivity index (χ2n) is 4.81. The van der Waals surface area contributed by atoms with E-state index in [9.17, 15) is 0 Å². The molecule has 0 fully saturated rings. The second-order valence-corrected chi connectivity index (χ2v) is 6.84. The smallest absolute Gasteiger partial charge is 0.0555 e. The van der Waals surface area contributed by atoms with E-state index in [0.717, 1.165) is 18.5 Å². The molecule has 0 saturated carbocycles. The molecular weight excluding hydrogens is 284 g/mol. The lowest BCUT2D eigenvalue weighted by atomic mass is 10.1. The summed E-state index contributed by atoms with van der Waals surface area (Å²) in [5, 5.41) is 4.25. The number of nitrogens with zero attached hydrogens (tertiary/aromatic N) is 1. The molecule has 0 aromatic carbocycles. The molecule has 2 rings (SSSR count). The number of likely N-dealkylation sites (N-methyl/N-ethyl adjacent to an activating group) is 1. The fraction of sp³-hybridized carbons (Fsp3) is 0.375. The zero-order chi connectivity index (χ0) is 14.4. The first-order valence-corrected chi connectivity index (χ1v) is 8.44. The maximum absolute atomic E-state index is 5.44. The first-order chi connectivity index (χ1) is 9.70. The van der Waals surface area contributed by atoms with Gasteiger partial charge in [-0.25, -0.2) is 0 Å². The minimum Gasteiger partial charge on any atom is -0.320 e. The van der Waals surface area contributed by atoms with Crippen molar-refractivity contribution in [3.8, 4) is 11.8 Å². The average molecular weight is 304 g/mol. The molecule has 4 heteroatoms. The summed E-state index contributed by atoms with van der Waals surface area (Å²) >= 11 is 3.60. The lowest BCUT2D eigenvalue weighted by Gasteiger charge is -2.24. The summed E-state index contributed by atoms with van der Waals surface area (Å²) in [6, 6.07) is 6.93. The lowest BCUT2D eigenvalue weighted by molar-refractivity contribution is 0.251. The molecule has 0 bridgehead atoms. The fourth-order valence-corrected chi connectivity index (χ4v) is 3.70. The van der Waals surface area contributed by atoms with Crippen LogP contribution in [-0.4, -0.2) is 24.5 Å². The van der Waals surface area contributed by atoms with Gasteiger partial charge in [-0.05, 0) is 43.3 Å². The van der Waals surface area contributed by atoms with Gasteiger partial charge in [0.1, 0.15) is 0 Å². The van der Waals surface area contributed by atoms with Crippen molar-refractivity contribution in [1.29, 1.82) is 0 Å². The molecule has 0 radical (unpaired) electrons. The van der Waals surface area contributed by atoms with Crippen LogP contribution in [0.25, 0.3) is 0 Å². The minimum atomic E-state index is 0.417. The van der Waals surface area contributed by atoms with Crippen LogP contribution in [0.5, 0.6) is 0 Å². The number of rotatable bonds is 5. The van der Waals surface area contributed by atoms with Crippen molar-refractivity contribution in [1.82, 2.24) is 4.90 Å². The highest BCUT2D eigenvalue weighted by atomic mass is 32.1. The molecule has 20 heavy (non-hydrogen) atoms. The van der Waals surface area contributed by atoms with Crippen molar-refractivity contribution in [3.63, 3.8) is 0 Å². The van der Waals surface area contributed by atoms with Crippen LogP contribution in [0.2, 0.25) is 0 Å². The van der Waals surface area contributed by atoms with Crippen molar-refractivity contribution in [2.45, 2.75) is 25.9 Å². The highest BCUT2D eigenvalue weighted by Gasteiger charge is 2.13. The summed E-state index contributed by atoms with van der Waals surface area (Å²) < 4.78 is 0. The third-order valence-corrected chi connectivity index (χ3v) is 5.10. The van der Waals surface area contributed by atoms with Crippen molar-refractivity contribution >= 4 is 22.7 Å². The van der Waals surface area contributed by atoms with Crippen LogP contribution in [-0.2, 0) is 13.0 Å². The SMILES string of the molecule is CC(Cc1cccs1)N(C)Cc1sccc1C#CCN. The molecule has 0 amide bonds. The van der Waals surface area contributed by atoms with E-state index in [1.165, 1.54) is 9.75 Å². The average Bonchev–Trinajstić information content (AvgIpc) is 3.08. The quantitative estimate of drug-likeness (QED) is 0.860. The summed E-state index contributed by atoms with van der Waals surface area (Å²) in [5.41, 5.74) is 6.56. The zero-order valence-electron chi connectivity index (χ0n) is 11.9. The second kappa shape index (κ2) is 7.61. The highest BCUT2D eigenvalue weighted by Crippen LogP contribution is 2.20. The normalized spacial score (nSPS) is 12.2. The summed E-state index contributed by atoms with van der Waals surface area (Å²) in [4.78, 5) is 5.16. The van der Waals surface area contributed by atoms with Crippen LogP contribution in [0.4, 0.5) is 0 Å². The predicted octanol–water partition coefficient (Wildman–Crippen LogP) is 3.18. The van der Waals surface area contributed by atoms with Crippen molar-refractivity contribution < 1.29 is 0 Å². The van der Waals surface area contributed by atoms with Gasteiger partial charge < -0.3 is 5.73 Å². The molecule has 0 aliphatic heterocycles. The molecule has 0 saturated heterocycles. The van der Waals surface area contributed by atoms with Gasteiger partial charge >= 0.3 is 0 Å². The van der Waals surface area contributed by atoms with E-state index >= 15 is 0 Å². The Bertz CT molecular complexity index is 575. The molecule has 2 aromatic heterocycles. The van der Waals surface area contributed by atoms with Gasteiger partial charge in [-0.2, -0.15) is 0 Å². The maximum Gasteiger partial charge on any atom is 0.0555 e. The molecule has 2 aromatic rings. The highest BCUT2D eigenvalue weighted by molar-refractivity contribution is 7.10. The third kappa shape index (κ3) is 4.19. The minimum absolute atomic E-state index is 0.417. The van der Waals surface area contributed by atoms with Gasteiger partial charge in [0, 0.05) is 27.9 Å². The summed E-state index contributed by atoms with van der Waals surface area (Å²) in [6.45, 7) is 3.64. The molecule has 1 atom stereocenters. The Labute approximate surface area is 129 Å². The molecule has 2 N–H and O–H groups in total. The van der Waals surface area contributed by atoms with Gasteiger partial charge in [0.05, 0.1) is 6.54 Å². The number of hydrogen-bond donors (Lipinski definition) is 1. The Morgan fingerprint density at radius 2 is 2.15 bits per heavy atom. The monoisotopic (exact) mass is 304 g/mol. The maximum atomic E-state index is 5.44. The van der Waals surface area contributed by atoms with E-state index in [-0.39, 0.29) is 0 Å². The Morgan fingerprint density at radius 1 is 1.30 bits per heavy atom. The van der Waals surface area contributed by atoms with E-state index in [4.69, 9.17) is 5.73 Å². The third-order valence-electron chi connectivity index (χ3n) is 3.29. The standard InChI is InChI=1S/C16H20N2S2/c1-13(11-15-6-4-9-19-15)18(2)12-16-14(5-3-8-17)7-10-20-16/h4,6-7,9-10,13H,8,11-12,17H2,1-2H3. The van der Waals surface area contributed by atoms with Crippen LogP contribution >= 0.6 is 22.7 Å². The van der Waals surface area contributed by atoms with Gasteiger partial charge in [-0.1, -0.05) is 17.9 Å². The summed E-state index contributed by atoms with van der Waals surface area (Å²) in [5.74, 6) is 6.09. The van der Waals surface area contributed by atoms with Crippen LogP contribution in [0.3, 0.4) is 0 Å². The Balaban J connectivity index is 1.97. The van der Waals surface area contributed by atoms with Crippen molar-refractivity contribution in [3.05, 3.63) is 44.3 Å². The topological polar surface area (TPSA) is 29.3 Å². The number of hydrogen-bond acceptors (Lipinski definition) is 4. The molecule has 1 unspecified atom stereocenters. The molecule has 2 nitrogen and oxygen atoms in total.